The van der Waals surface area contributed by atoms with Crippen LogP contribution >= 0.6 is 0 Å². The van der Waals surface area contributed by atoms with Crippen LogP contribution in [0.4, 0.5) is 0 Å². The molecule has 0 saturated carbocycles. The van der Waals surface area contributed by atoms with Gasteiger partial charge in [-0.25, -0.2) is 4.79 Å². The van der Waals surface area contributed by atoms with Crippen LogP contribution in [0.1, 0.15) is 17.5 Å². The van der Waals surface area contributed by atoms with Crippen molar-refractivity contribution in [3.8, 4) is 11.5 Å². The van der Waals surface area contributed by atoms with Crippen molar-refractivity contribution in [3.05, 3.63) is 59.7 Å². The molecule has 0 radical (unpaired) electrons. The summed E-state index contributed by atoms with van der Waals surface area (Å²) in [6.45, 7) is 2.19. The van der Waals surface area contributed by atoms with Crippen molar-refractivity contribution >= 4 is 11.9 Å². The molecule has 0 bridgehead atoms. The van der Waals surface area contributed by atoms with Gasteiger partial charge in [-0.3, -0.25) is 4.79 Å². The minimum Gasteiger partial charge on any atom is -0.508 e. The molecule has 0 fully saturated rings. The first kappa shape index (κ1) is 19.3. The Balaban J connectivity index is 1.86. The molecule has 6 heteroatoms. The van der Waals surface area contributed by atoms with E-state index in [1.54, 1.807) is 12.1 Å². The van der Waals surface area contributed by atoms with Crippen LogP contribution in [0.15, 0.2) is 48.5 Å². The smallest absolute Gasteiger partial charge is 0.328 e. The monoisotopic (exact) mass is 357 g/mol. The normalized spacial score (nSPS) is 11.5. The van der Waals surface area contributed by atoms with Crippen molar-refractivity contribution in [3.63, 3.8) is 0 Å². The van der Waals surface area contributed by atoms with Crippen molar-refractivity contribution in [2.45, 2.75) is 25.8 Å². The lowest BCUT2D eigenvalue weighted by Gasteiger charge is -2.17. The van der Waals surface area contributed by atoms with Gasteiger partial charge in [0.15, 0.2) is 0 Å². The van der Waals surface area contributed by atoms with Gasteiger partial charge in [0.25, 0.3) is 0 Å². The highest BCUT2D eigenvalue weighted by Crippen LogP contribution is 2.13. The SMILES string of the molecule is COC(=O)C(Cc1ccc(O)cc1)NC(=O)CCOc1ccc(C)cc1. The summed E-state index contributed by atoms with van der Waals surface area (Å²) in [6.07, 6.45) is 0.397. The van der Waals surface area contributed by atoms with Gasteiger partial charge >= 0.3 is 5.97 Å². The summed E-state index contributed by atoms with van der Waals surface area (Å²) in [5, 5.41) is 12.0. The summed E-state index contributed by atoms with van der Waals surface area (Å²) in [4.78, 5) is 24.1. The summed E-state index contributed by atoms with van der Waals surface area (Å²) in [5.74, 6) is 0.00911. The molecule has 0 spiro atoms. The first-order valence-corrected chi connectivity index (χ1v) is 8.32. The second kappa shape index (κ2) is 9.46. The Bertz CT molecular complexity index is 725. The van der Waals surface area contributed by atoms with Crippen LogP contribution in [-0.4, -0.2) is 36.7 Å². The zero-order valence-electron chi connectivity index (χ0n) is 14.9. The lowest BCUT2D eigenvalue weighted by Crippen LogP contribution is -2.43. The van der Waals surface area contributed by atoms with E-state index in [0.29, 0.717) is 5.75 Å². The Kier molecular flexibility index (Phi) is 7.02. The van der Waals surface area contributed by atoms with Crippen LogP contribution in [0.25, 0.3) is 0 Å². The fraction of sp³-hybridized carbons (Fsp3) is 0.300. The number of rotatable bonds is 8. The number of carbonyl (C=O) groups excluding carboxylic acids is 2. The number of hydrogen-bond acceptors (Lipinski definition) is 5. The van der Waals surface area contributed by atoms with E-state index >= 15 is 0 Å². The molecule has 1 unspecified atom stereocenters. The zero-order chi connectivity index (χ0) is 18.9. The van der Waals surface area contributed by atoms with E-state index in [4.69, 9.17) is 9.47 Å². The number of amides is 1. The molecule has 2 aromatic carbocycles. The van der Waals surface area contributed by atoms with Crippen LogP contribution in [0.3, 0.4) is 0 Å². The Labute approximate surface area is 152 Å². The summed E-state index contributed by atoms with van der Waals surface area (Å²) in [7, 11) is 1.28. The van der Waals surface area contributed by atoms with Gasteiger partial charge in [0.05, 0.1) is 20.1 Å². The highest BCUT2D eigenvalue weighted by molar-refractivity contribution is 5.84. The molecule has 1 amide bonds. The predicted octanol–water partition coefficient (Wildman–Crippen LogP) is 2.37. The van der Waals surface area contributed by atoms with E-state index in [0.717, 1.165) is 11.1 Å². The number of carbonyl (C=O) groups is 2. The predicted molar refractivity (Wildman–Crippen MR) is 97.0 cm³/mol. The van der Waals surface area contributed by atoms with E-state index in [2.05, 4.69) is 5.32 Å². The lowest BCUT2D eigenvalue weighted by molar-refractivity contribution is -0.145. The number of aryl methyl sites for hydroxylation is 1. The fourth-order valence-electron chi connectivity index (χ4n) is 2.37. The lowest BCUT2D eigenvalue weighted by atomic mass is 10.1. The Hall–Kier alpha value is -3.02. The molecule has 26 heavy (non-hydrogen) atoms. The van der Waals surface area contributed by atoms with E-state index in [1.807, 2.05) is 31.2 Å². The third-order valence-electron chi connectivity index (χ3n) is 3.82. The van der Waals surface area contributed by atoms with Crippen LogP contribution in [0.2, 0.25) is 0 Å². The van der Waals surface area contributed by atoms with Gasteiger partial charge in [-0.05, 0) is 36.8 Å². The molecule has 138 valence electrons. The minimum absolute atomic E-state index is 0.122. The number of hydrogen-bond donors (Lipinski definition) is 2. The highest BCUT2D eigenvalue weighted by Gasteiger charge is 2.21. The van der Waals surface area contributed by atoms with Gasteiger partial charge < -0.3 is 19.9 Å². The maximum Gasteiger partial charge on any atom is 0.328 e. The second-order valence-electron chi connectivity index (χ2n) is 5.93. The van der Waals surface area contributed by atoms with E-state index in [9.17, 15) is 14.7 Å². The molecule has 0 heterocycles. The second-order valence-corrected chi connectivity index (χ2v) is 5.93. The van der Waals surface area contributed by atoms with Gasteiger partial charge in [0.2, 0.25) is 5.91 Å². The van der Waals surface area contributed by atoms with Crippen molar-refractivity contribution in [2.75, 3.05) is 13.7 Å². The van der Waals surface area contributed by atoms with Crippen LogP contribution < -0.4 is 10.1 Å². The molecule has 2 rings (SSSR count). The first-order valence-electron chi connectivity index (χ1n) is 8.32. The van der Waals surface area contributed by atoms with E-state index < -0.39 is 12.0 Å². The Morgan fingerprint density at radius 2 is 1.73 bits per heavy atom. The number of benzene rings is 2. The van der Waals surface area contributed by atoms with Crippen molar-refractivity contribution in [2.24, 2.45) is 0 Å². The molecule has 2 aromatic rings. The van der Waals surface area contributed by atoms with E-state index in [-0.39, 0.29) is 31.1 Å². The highest BCUT2D eigenvalue weighted by atomic mass is 16.5. The van der Waals surface area contributed by atoms with E-state index in [1.165, 1.54) is 19.2 Å². The average Bonchev–Trinajstić information content (AvgIpc) is 2.64. The molecule has 1 atom stereocenters. The quantitative estimate of drug-likeness (QED) is 0.709. The van der Waals surface area contributed by atoms with Gasteiger partial charge in [-0.2, -0.15) is 0 Å². The first-order chi connectivity index (χ1) is 12.5. The molecular formula is C20H23NO5. The van der Waals surface area contributed by atoms with Gasteiger partial charge in [0, 0.05) is 6.42 Å². The minimum atomic E-state index is -0.795. The molecular weight excluding hydrogens is 334 g/mol. The molecule has 0 aliphatic heterocycles. The zero-order valence-corrected chi connectivity index (χ0v) is 14.9. The number of phenols is 1. The Morgan fingerprint density at radius 1 is 1.08 bits per heavy atom. The number of ether oxygens (including phenoxy) is 2. The maximum absolute atomic E-state index is 12.1. The maximum atomic E-state index is 12.1. The molecule has 0 aliphatic rings. The van der Waals surface area contributed by atoms with Crippen LogP contribution in [0.5, 0.6) is 11.5 Å². The van der Waals surface area contributed by atoms with Crippen LogP contribution in [-0.2, 0) is 20.7 Å². The van der Waals surface area contributed by atoms with Gasteiger partial charge in [-0.1, -0.05) is 29.8 Å². The number of esters is 1. The molecule has 0 aromatic heterocycles. The van der Waals surface area contributed by atoms with Crippen LogP contribution in [0, 0.1) is 6.92 Å². The fourth-order valence-corrected chi connectivity index (χ4v) is 2.37. The topological polar surface area (TPSA) is 84.9 Å². The standard InChI is InChI=1S/C20H23NO5/c1-14-3-9-17(10-4-14)26-12-11-19(23)21-18(20(24)25-2)13-15-5-7-16(22)8-6-15/h3-10,18,22H,11-13H2,1-2H3,(H,21,23). The summed E-state index contributed by atoms with van der Waals surface area (Å²) in [6, 6.07) is 13.2. The summed E-state index contributed by atoms with van der Waals surface area (Å²) in [5.41, 5.74) is 1.93. The number of methoxy groups -OCH3 is 1. The molecule has 6 nitrogen and oxygen atoms in total. The Morgan fingerprint density at radius 3 is 2.35 bits per heavy atom. The van der Waals surface area contributed by atoms with Gasteiger partial charge in [0.1, 0.15) is 17.5 Å². The number of aromatic hydroxyl groups is 1. The number of phenolic OH excluding ortho intramolecular Hbond substituents is 1. The van der Waals surface area contributed by atoms with Gasteiger partial charge in [-0.15, -0.1) is 0 Å². The third-order valence-corrected chi connectivity index (χ3v) is 3.82. The largest absolute Gasteiger partial charge is 0.508 e. The molecule has 0 aliphatic carbocycles. The summed E-state index contributed by atoms with van der Waals surface area (Å²) >= 11 is 0. The van der Waals surface area contributed by atoms with Crippen molar-refractivity contribution in [1.29, 1.82) is 0 Å². The molecule has 0 saturated heterocycles. The van der Waals surface area contributed by atoms with Crippen molar-refractivity contribution in [1.82, 2.24) is 5.32 Å². The summed E-state index contributed by atoms with van der Waals surface area (Å²) < 4.78 is 10.3. The average molecular weight is 357 g/mol. The van der Waals surface area contributed by atoms with Crippen molar-refractivity contribution < 1.29 is 24.2 Å². The third kappa shape index (κ3) is 6.12. The number of nitrogens with one attached hydrogen (secondary N) is 1. The molecule has 2 N–H and O–H groups in total.